The number of halogens is 1. The van der Waals surface area contributed by atoms with Gasteiger partial charge in [-0.2, -0.15) is 0 Å². The van der Waals surface area contributed by atoms with Gasteiger partial charge in [-0.05, 0) is 18.2 Å². The number of nitrogens with zero attached hydrogens (tertiary/aromatic N) is 1. The van der Waals surface area contributed by atoms with E-state index in [0.717, 1.165) is 6.26 Å². The van der Waals surface area contributed by atoms with Crippen LogP contribution < -0.4 is 4.74 Å². The maximum Gasteiger partial charge on any atom is 0.337 e. The second kappa shape index (κ2) is 6.33. The predicted octanol–water partition coefficient (Wildman–Crippen LogP) is 2.72. The smallest absolute Gasteiger partial charge is 0.337 e. The summed E-state index contributed by atoms with van der Waals surface area (Å²) in [6.07, 6.45) is 3.84. The van der Waals surface area contributed by atoms with Gasteiger partial charge in [0.2, 0.25) is 0 Å². The number of aromatic nitrogens is 1. The van der Waals surface area contributed by atoms with E-state index in [1.807, 2.05) is 0 Å². The lowest BCUT2D eigenvalue weighted by Crippen LogP contribution is -2.06. The van der Waals surface area contributed by atoms with Crippen molar-refractivity contribution in [1.82, 2.24) is 4.98 Å². The summed E-state index contributed by atoms with van der Waals surface area (Å²) in [5, 5.41) is 0.351. The second-order valence-electron chi connectivity index (χ2n) is 4.37. The van der Waals surface area contributed by atoms with Crippen molar-refractivity contribution in [1.29, 1.82) is 0 Å². The normalized spacial score (nSPS) is 11.0. The van der Waals surface area contributed by atoms with Gasteiger partial charge in [0, 0.05) is 18.5 Å². The molecule has 0 aliphatic rings. The van der Waals surface area contributed by atoms with Crippen molar-refractivity contribution in [2.75, 3.05) is 13.4 Å². The van der Waals surface area contributed by atoms with Crippen LogP contribution in [0.1, 0.15) is 10.4 Å². The quantitative estimate of drug-likeness (QED) is 0.795. The van der Waals surface area contributed by atoms with Crippen molar-refractivity contribution in [3.05, 3.63) is 47.2 Å². The van der Waals surface area contributed by atoms with Crippen LogP contribution >= 0.6 is 11.6 Å². The molecular formula is C14H12ClNO5S. The van der Waals surface area contributed by atoms with E-state index in [1.54, 1.807) is 0 Å². The first-order valence-electron chi connectivity index (χ1n) is 6.02. The molecule has 1 heterocycles. The number of carbonyl (C=O) groups is 1. The molecule has 0 amide bonds. The van der Waals surface area contributed by atoms with Gasteiger partial charge in [0.1, 0.15) is 16.4 Å². The number of ether oxygens (including phenoxy) is 2. The Morgan fingerprint density at radius 1 is 1.23 bits per heavy atom. The van der Waals surface area contributed by atoms with E-state index < -0.39 is 15.8 Å². The van der Waals surface area contributed by atoms with Crippen LogP contribution in [0.15, 0.2) is 41.6 Å². The van der Waals surface area contributed by atoms with E-state index in [2.05, 4.69) is 9.72 Å². The molecule has 0 aliphatic heterocycles. The third-order valence-electron chi connectivity index (χ3n) is 2.67. The fraction of sp³-hybridized carbons (Fsp3) is 0.143. The topological polar surface area (TPSA) is 82.6 Å². The summed E-state index contributed by atoms with van der Waals surface area (Å²) in [4.78, 5) is 15.2. The summed E-state index contributed by atoms with van der Waals surface area (Å²) in [6.45, 7) is 0. The van der Waals surface area contributed by atoms with Crippen LogP contribution in [0.2, 0.25) is 5.02 Å². The first-order chi connectivity index (χ1) is 10.3. The van der Waals surface area contributed by atoms with E-state index in [-0.39, 0.29) is 22.0 Å². The summed E-state index contributed by atoms with van der Waals surface area (Å²) in [5.41, 5.74) is 0.111. The Labute approximate surface area is 132 Å². The molecule has 1 aromatic carbocycles. The highest BCUT2D eigenvalue weighted by atomic mass is 35.5. The van der Waals surface area contributed by atoms with Crippen LogP contribution in [0.25, 0.3) is 0 Å². The van der Waals surface area contributed by atoms with Crippen molar-refractivity contribution in [3.63, 3.8) is 0 Å². The highest BCUT2D eigenvalue weighted by Crippen LogP contribution is 2.30. The van der Waals surface area contributed by atoms with Crippen LogP contribution in [0, 0.1) is 0 Å². The van der Waals surface area contributed by atoms with E-state index in [4.69, 9.17) is 16.3 Å². The Kier molecular flexibility index (Phi) is 4.68. The average molecular weight is 342 g/mol. The number of rotatable bonds is 4. The van der Waals surface area contributed by atoms with Crippen LogP contribution in [0.4, 0.5) is 0 Å². The predicted molar refractivity (Wildman–Crippen MR) is 80.2 cm³/mol. The zero-order valence-corrected chi connectivity index (χ0v) is 13.3. The van der Waals surface area contributed by atoms with Gasteiger partial charge in [-0.3, -0.25) is 4.98 Å². The molecule has 0 saturated heterocycles. The maximum atomic E-state index is 11.9. The molecule has 22 heavy (non-hydrogen) atoms. The van der Waals surface area contributed by atoms with Crippen molar-refractivity contribution in [2.24, 2.45) is 0 Å². The van der Waals surface area contributed by atoms with Crippen molar-refractivity contribution >= 4 is 27.4 Å². The Bertz CT molecular complexity index is 820. The minimum absolute atomic E-state index is 0.0687. The third kappa shape index (κ3) is 3.75. The van der Waals surface area contributed by atoms with Crippen LogP contribution in [-0.4, -0.2) is 32.7 Å². The Morgan fingerprint density at radius 3 is 2.55 bits per heavy atom. The van der Waals surface area contributed by atoms with Crippen LogP contribution in [-0.2, 0) is 14.6 Å². The molecule has 0 unspecified atom stereocenters. The highest BCUT2D eigenvalue weighted by Gasteiger charge is 2.19. The summed E-state index contributed by atoms with van der Waals surface area (Å²) in [6, 6.07) is 5.49. The Balaban J connectivity index is 2.49. The van der Waals surface area contributed by atoms with Gasteiger partial charge >= 0.3 is 5.97 Å². The van der Waals surface area contributed by atoms with E-state index in [9.17, 15) is 13.2 Å². The summed E-state index contributed by atoms with van der Waals surface area (Å²) < 4.78 is 33.9. The minimum atomic E-state index is -3.61. The number of hydrogen-bond acceptors (Lipinski definition) is 6. The number of sulfone groups is 1. The number of hydrogen-bond donors (Lipinski definition) is 0. The van der Waals surface area contributed by atoms with E-state index >= 15 is 0 Å². The minimum Gasteiger partial charge on any atom is -0.465 e. The summed E-state index contributed by atoms with van der Waals surface area (Å²) >= 11 is 5.80. The molecule has 2 aromatic rings. The van der Waals surface area contributed by atoms with Gasteiger partial charge in [-0.15, -0.1) is 0 Å². The Hall–Kier alpha value is -2.12. The van der Waals surface area contributed by atoms with Gasteiger partial charge in [-0.1, -0.05) is 11.6 Å². The zero-order valence-electron chi connectivity index (χ0n) is 11.7. The van der Waals surface area contributed by atoms with Crippen molar-refractivity contribution < 1.29 is 22.7 Å². The zero-order chi connectivity index (χ0) is 16.3. The second-order valence-corrected chi connectivity index (χ2v) is 6.79. The average Bonchev–Trinajstić information content (AvgIpc) is 2.45. The first-order valence-corrected chi connectivity index (χ1v) is 8.29. The SMILES string of the molecule is COC(=O)c1ccc(Oc2cncc(Cl)c2)c(S(C)(=O)=O)c1. The molecule has 0 aliphatic carbocycles. The molecule has 0 radical (unpaired) electrons. The van der Waals surface area contributed by atoms with Gasteiger partial charge in [0.25, 0.3) is 0 Å². The van der Waals surface area contributed by atoms with E-state index in [1.165, 1.54) is 43.8 Å². The van der Waals surface area contributed by atoms with Gasteiger partial charge in [0.05, 0.1) is 23.9 Å². The molecular weight excluding hydrogens is 330 g/mol. The summed E-state index contributed by atoms with van der Waals surface area (Å²) in [5.74, 6) is -0.289. The fourth-order valence-electron chi connectivity index (χ4n) is 1.70. The molecule has 1 aromatic heterocycles. The maximum absolute atomic E-state index is 11.9. The van der Waals surface area contributed by atoms with Gasteiger partial charge < -0.3 is 9.47 Å². The van der Waals surface area contributed by atoms with Crippen molar-refractivity contribution in [3.8, 4) is 11.5 Å². The van der Waals surface area contributed by atoms with E-state index in [0.29, 0.717) is 5.02 Å². The van der Waals surface area contributed by atoms with Crippen LogP contribution in [0.5, 0.6) is 11.5 Å². The largest absolute Gasteiger partial charge is 0.465 e. The molecule has 6 nitrogen and oxygen atoms in total. The molecule has 2 rings (SSSR count). The molecule has 8 heteroatoms. The monoisotopic (exact) mass is 341 g/mol. The number of pyridine rings is 1. The molecule has 0 fully saturated rings. The van der Waals surface area contributed by atoms with Gasteiger partial charge in [-0.25, -0.2) is 13.2 Å². The number of methoxy groups -OCH3 is 1. The molecule has 0 N–H and O–H groups in total. The lowest BCUT2D eigenvalue weighted by Gasteiger charge is -2.11. The van der Waals surface area contributed by atoms with Gasteiger partial charge in [0.15, 0.2) is 9.84 Å². The molecule has 0 saturated carbocycles. The number of esters is 1. The fourth-order valence-corrected chi connectivity index (χ4v) is 2.68. The highest BCUT2D eigenvalue weighted by molar-refractivity contribution is 7.90. The number of benzene rings is 1. The van der Waals surface area contributed by atoms with Crippen LogP contribution in [0.3, 0.4) is 0 Å². The summed E-state index contributed by atoms with van der Waals surface area (Å²) in [7, 11) is -2.40. The lowest BCUT2D eigenvalue weighted by atomic mass is 10.2. The Morgan fingerprint density at radius 2 is 1.95 bits per heavy atom. The molecule has 0 atom stereocenters. The molecule has 0 spiro atoms. The lowest BCUT2D eigenvalue weighted by molar-refractivity contribution is 0.0600. The molecule has 116 valence electrons. The first kappa shape index (κ1) is 16.3. The van der Waals surface area contributed by atoms with Crippen molar-refractivity contribution in [2.45, 2.75) is 4.90 Å². The number of carbonyl (C=O) groups excluding carboxylic acids is 1. The standard InChI is InChI=1S/C14H12ClNO5S/c1-20-14(17)9-3-4-12(13(5-9)22(2,18)19)21-11-6-10(15)7-16-8-11/h3-8H,1-2H3. The third-order valence-corrected chi connectivity index (χ3v) is 4.00. The molecule has 0 bridgehead atoms.